The highest BCUT2D eigenvalue weighted by atomic mass is 127. The van der Waals surface area contributed by atoms with E-state index in [1.54, 1.807) is 24.3 Å². The third-order valence-corrected chi connectivity index (χ3v) is 3.56. The molecule has 0 unspecified atom stereocenters. The van der Waals surface area contributed by atoms with Gasteiger partial charge in [-0.2, -0.15) is 0 Å². The van der Waals surface area contributed by atoms with Gasteiger partial charge in [0.15, 0.2) is 0 Å². The SMILES string of the molecule is Cc1cc(I)ccc1NC(=O)c1ccccc1Cl. The summed E-state index contributed by atoms with van der Waals surface area (Å²) < 4.78 is 1.14. The minimum atomic E-state index is -0.190. The number of carbonyl (C=O) groups excluding carboxylic acids is 1. The maximum atomic E-state index is 12.1. The molecular formula is C14H11ClINO. The van der Waals surface area contributed by atoms with Crippen molar-refractivity contribution in [3.63, 3.8) is 0 Å². The van der Waals surface area contributed by atoms with Gasteiger partial charge in [0, 0.05) is 9.26 Å². The molecule has 92 valence electrons. The van der Waals surface area contributed by atoms with Crippen LogP contribution in [0.25, 0.3) is 0 Å². The Bertz CT molecular complexity index is 598. The molecular weight excluding hydrogens is 361 g/mol. The van der Waals surface area contributed by atoms with E-state index in [0.717, 1.165) is 14.8 Å². The zero-order valence-electron chi connectivity index (χ0n) is 9.71. The first-order chi connectivity index (χ1) is 8.58. The number of benzene rings is 2. The molecule has 0 radical (unpaired) electrons. The summed E-state index contributed by atoms with van der Waals surface area (Å²) in [5.74, 6) is -0.190. The second-order valence-corrected chi connectivity index (χ2v) is 5.55. The molecule has 0 aliphatic rings. The quantitative estimate of drug-likeness (QED) is 0.774. The van der Waals surface area contributed by atoms with Gasteiger partial charge in [-0.25, -0.2) is 0 Å². The van der Waals surface area contributed by atoms with Crippen molar-refractivity contribution in [2.24, 2.45) is 0 Å². The van der Waals surface area contributed by atoms with Gasteiger partial charge in [0.05, 0.1) is 10.6 Å². The van der Waals surface area contributed by atoms with Crippen LogP contribution in [-0.4, -0.2) is 5.91 Å². The summed E-state index contributed by atoms with van der Waals surface area (Å²) in [5, 5.41) is 3.32. The lowest BCUT2D eigenvalue weighted by atomic mass is 10.1. The van der Waals surface area contributed by atoms with Gasteiger partial charge in [-0.15, -0.1) is 0 Å². The van der Waals surface area contributed by atoms with E-state index in [1.807, 2.05) is 25.1 Å². The Balaban J connectivity index is 2.24. The van der Waals surface area contributed by atoms with E-state index in [9.17, 15) is 4.79 Å². The van der Waals surface area contributed by atoms with Gasteiger partial charge in [-0.1, -0.05) is 23.7 Å². The van der Waals surface area contributed by atoms with Crippen LogP contribution in [0.2, 0.25) is 5.02 Å². The predicted octanol–water partition coefficient (Wildman–Crippen LogP) is 4.51. The van der Waals surface area contributed by atoms with Crippen LogP contribution in [0.4, 0.5) is 5.69 Å². The molecule has 4 heteroatoms. The fourth-order valence-corrected chi connectivity index (χ4v) is 2.47. The third kappa shape index (κ3) is 3.03. The minimum absolute atomic E-state index is 0.190. The summed E-state index contributed by atoms with van der Waals surface area (Å²) in [6, 6.07) is 12.9. The summed E-state index contributed by atoms with van der Waals surface area (Å²) in [7, 11) is 0. The topological polar surface area (TPSA) is 29.1 Å². The Morgan fingerprint density at radius 1 is 1.22 bits per heavy atom. The monoisotopic (exact) mass is 371 g/mol. The summed E-state index contributed by atoms with van der Waals surface area (Å²) in [5.41, 5.74) is 2.32. The molecule has 0 fully saturated rings. The highest BCUT2D eigenvalue weighted by Crippen LogP contribution is 2.20. The van der Waals surface area contributed by atoms with E-state index in [0.29, 0.717) is 10.6 Å². The third-order valence-electron chi connectivity index (χ3n) is 2.56. The van der Waals surface area contributed by atoms with E-state index in [2.05, 4.69) is 27.9 Å². The first-order valence-corrected chi connectivity index (χ1v) is 6.85. The molecule has 2 aromatic rings. The molecule has 2 nitrogen and oxygen atoms in total. The van der Waals surface area contributed by atoms with Gasteiger partial charge in [0.2, 0.25) is 0 Å². The van der Waals surface area contributed by atoms with Crippen LogP contribution < -0.4 is 5.32 Å². The number of nitrogens with one attached hydrogen (secondary N) is 1. The van der Waals surface area contributed by atoms with Crippen LogP contribution in [0.1, 0.15) is 15.9 Å². The van der Waals surface area contributed by atoms with Crippen LogP contribution in [0.15, 0.2) is 42.5 Å². The standard InChI is InChI=1S/C14H11ClINO/c1-9-8-10(16)6-7-13(9)17-14(18)11-4-2-3-5-12(11)15/h2-8H,1H3,(H,17,18). The number of halogens is 2. The van der Waals surface area contributed by atoms with Gasteiger partial charge >= 0.3 is 0 Å². The number of hydrogen-bond donors (Lipinski definition) is 1. The molecule has 0 saturated carbocycles. The Morgan fingerprint density at radius 2 is 1.94 bits per heavy atom. The maximum absolute atomic E-state index is 12.1. The lowest BCUT2D eigenvalue weighted by Gasteiger charge is -2.09. The van der Waals surface area contributed by atoms with Crippen molar-refractivity contribution in [3.05, 3.63) is 62.2 Å². The zero-order chi connectivity index (χ0) is 13.1. The van der Waals surface area contributed by atoms with Gasteiger partial charge in [-0.05, 0) is 65.4 Å². The maximum Gasteiger partial charge on any atom is 0.257 e. The molecule has 0 atom stereocenters. The minimum Gasteiger partial charge on any atom is -0.322 e. The first kappa shape index (κ1) is 13.4. The average Bonchev–Trinajstić information content (AvgIpc) is 2.33. The number of hydrogen-bond acceptors (Lipinski definition) is 1. The van der Waals surface area contributed by atoms with Crippen LogP contribution in [-0.2, 0) is 0 Å². The van der Waals surface area contributed by atoms with Gasteiger partial charge in [0.25, 0.3) is 5.91 Å². The molecule has 0 aromatic heterocycles. The van der Waals surface area contributed by atoms with Crippen molar-refractivity contribution >= 4 is 45.8 Å². The fourth-order valence-electron chi connectivity index (χ4n) is 1.60. The number of rotatable bonds is 2. The number of aryl methyl sites for hydroxylation is 1. The molecule has 0 heterocycles. The summed E-state index contributed by atoms with van der Waals surface area (Å²) >= 11 is 8.23. The molecule has 2 rings (SSSR count). The van der Waals surface area contributed by atoms with Gasteiger partial charge in [0.1, 0.15) is 0 Å². The molecule has 0 spiro atoms. The fraction of sp³-hybridized carbons (Fsp3) is 0.0714. The normalized spacial score (nSPS) is 10.2. The van der Waals surface area contributed by atoms with Crippen LogP contribution in [0.3, 0.4) is 0 Å². The van der Waals surface area contributed by atoms with E-state index >= 15 is 0 Å². The van der Waals surface area contributed by atoms with Gasteiger partial charge < -0.3 is 5.32 Å². The van der Waals surface area contributed by atoms with E-state index < -0.39 is 0 Å². The summed E-state index contributed by atoms with van der Waals surface area (Å²) in [6.07, 6.45) is 0. The summed E-state index contributed by atoms with van der Waals surface area (Å²) in [6.45, 7) is 1.96. The zero-order valence-corrected chi connectivity index (χ0v) is 12.6. The van der Waals surface area contributed by atoms with E-state index in [4.69, 9.17) is 11.6 Å². The molecule has 18 heavy (non-hydrogen) atoms. The Labute approximate surface area is 124 Å². The van der Waals surface area contributed by atoms with E-state index in [1.165, 1.54) is 0 Å². The van der Waals surface area contributed by atoms with Crippen molar-refractivity contribution in [2.75, 3.05) is 5.32 Å². The molecule has 0 bridgehead atoms. The molecule has 0 saturated heterocycles. The highest BCUT2D eigenvalue weighted by Gasteiger charge is 2.10. The Morgan fingerprint density at radius 3 is 2.61 bits per heavy atom. The summed E-state index contributed by atoms with van der Waals surface area (Å²) in [4.78, 5) is 12.1. The van der Waals surface area contributed by atoms with Crippen molar-refractivity contribution in [2.45, 2.75) is 6.92 Å². The van der Waals surface area contributed by atoms with Crippen molar-refractivity contribution in [1.82, 2.24) is 0 Å². The molecule has 0 aliphatic carbocycles. The van der Waals surface area contributed by atoms with Crippen LogP contribution >= 0.6 is 34.2 Å². The van der Waals surface area contributed by atoms with Crippen LogP contribution in [0.5, 0.6) is 0 Å². The van der Waals surface area contributed by atoms with Gasteiger partial charge in [-0.3, -0.25) is 4.79 Å². The lowest BCUT2D eigenvalue weighted by molar-refractivity contribution is 0.102. The molecule has 2 aromatic carbocycles. The Kier molecular flexibility index (Phi) is 4.24. The highest BCUT2D eigenvalue weighted by molar-refractivity contribution is 14.1. The largest absolute Gasteiger partial charge is 0.322 e. The van der Waals surface area contributed by atoms with E-state index in [-0.39, 0.29) is 5.91 Å². The number of anilines is 1. The second-order valence-electron chi connectivity index (χ2n) is 3.89. The van der Waals surface area contributed by atoms with Crippen molar-refractivity contribution < 1.29 is 4.79 Å². The molecule has 1 amide bonds. The smallest absolute Gasteiger partial charge is 0.257 e. The Hall–Kier alpha value is -1.07. The lowest BCUT2D eigenvalue weighted by Crippen LogP contribution is -2.13. The number of amides is 1. The number of carbonyl (C=O) groups is 1. The van der Waals surface area contributed by atoms with Crippen molar-refractivity contribution in [1.29, 1.82) is 0 Å². The molecule has 0 aliphatic heterocycles. The van der Waals surface area contributed by atoms with Crippen molar-refractivity contribution in [3.8, 4) is 0 Å². The second kappa shape index (κ2) is 5.71. The molecule has 1 N–H and O–H groups in total. The average molecular weight is 372 g/mol. The first-order valence-electron chi connectivity index (χ1n) is 5.40. The predicted molar refractivity (Wildman–Crippen MR) is 83.3 cm³/mol. The van der Waals surface area contributed by atoms with Crippen LogP contribution in [0, 0.1) is 10.5 Å².